The van der Waals surface area contributed by atoms with Crippen LogP contribution in [0.5, 0.6) is 5.88 Å². The summed E-state index contributed by atoms with van der Waals surface area (Å²) in [6.07, 6.45) is 4.52. The predicted octanol–water partition coefficient (Wildman–Crippen LogP) is 3.17. The lowest BCUT2D eigenvalue weighted by atomic mass is 10.1. The molecule has 1 aliphatic rings. The van der Waals surface area contributed by atoms with E-state index < -0.39 is 26.6 Å². The average molecular weight is 515 g/mol. The number of rotatable bonds is 7. The molecule has 1 N–H and O–H groups in total. The number of aryl methyl sites for hydroxylation is 1. The Labute approximate surface area is 204 Å². The lowest BCUT2D eigenvalue weighted by molar-refractivity contribution is -0.0513. The Hall–Kier alpha value is -3.90. The molecule has 0 radical (unpaired) electrons. The normalized spacial score (nSPS) is 14.0. The fourth-order valence-electron chi connectivity index (χ4n) is 3.61. The number of nitrogens with one attached hydrogen (secondary N) is 1. The maximum atomic E-state index is 14.3. The first-order valence-corrected chi connectivity index (χ1v) is 12.4. The highest BCUT2D eigenvalue weighted by Crippen LogP contribution is 2.31. The van der Waals surface area contributed by atoms with Crippen molar-refractivity contribution < 1.29 is 26.7 Å². The summed E-state index contributed by atoms with van der Waals surface area (Å²) in [5.41, 5.74) is 1.62. The number of sulfonamides is 1. The summed E-state index contributed by atoms with van der Waals surface area (Å²) in [6, 6.07) is 6.99. The van der Waals surface area contributed by atoms with Gasteiger partial charge in [-0.3, -0.25) is 13.9 Å². The van der Waals surface area contributed by atoms with Gasteiger partial charge in [-0.2, -0.15) is 0 Å². The molecule has 1 fully saturated rings. The van der Waals surface area contributed by atoms with Gasteiger partial charge in [-0.15, -0.1) is 0 Å². The van der Waals surface area contributed by atoms with Crippen LogP contribution in [-0.4, -0.2) is 42.6 Å². The molecule has 9 nitrogen and oxygen atoms in total. The number of hydrogen-bond acceptors (Lipinski definition) is 7. The van der Waals surface area contributed by atoms with E-state index in [1.54, 1.807) is 25.3 Å². The molecule has 12 heteroatoms. The molecule has 4 heterocycles. The van der Waals surface area contributed by atoms with Gasteiger partial charge in [-0.25, -0.2) is 27.2 Å². The second-order valence-electron chi connectivity index (χ2n) is 8.36. The highest BCUT2D eigenvalue weighted by Gasteiger charge is 2.24. The second-order valence-corrected chi connectivity index (χ2v) is 10.0. The Morgan fingerprint density at radius 3 is 2.64 bits per heavy atom. The summed E-state index contributed by atoms with van der Waals surface area (Å²) in [4.78, 5) is 20.3. The molecule has 3 aromatic heterocycles. The van der Waals surface area contributed by atoms with Gasteiger partial charge in [0, 0.05) is 47.3 Å². The smallest absolute Gasteiger partial charge is 0.264 e. The van der Waals surface area contributed by atoms with E-state index in [9.17, 15) is 22.0 Å². The first kappa shape index (κ1) is 23.8. The zero-order chi connectivity index (χ0) is 25.4. The topological polar surface area (TPSA) is 112 Å². The molecule has 1 saturated heterocycles. The molecule has 0 amide bonds. The maximum Gasteiger partial charge on any atom is 0.264 e. The molecule has 1 aliphatic heterocycles. The standard InChI is InChI=1S/C24H20F2N4O5S/c1-14-8-27-22-5-2-16(10-30(22)24(14)31)17-6-20(23(28-9-17)35-13-15-11-34-12-15)29-36(32,33)21-4-3-18(25)7-19(21)26/h2-10,15,29H,11-13H2,1H3. The van der Waals surface area contributed by atoms with E-state index in [0.29, 0.717) is 41.6 Å². The van der Waals surface area contributed by atoms with Crippen LogP contribution in [0.1, 0.15) is 5.56 Å². The second kappa shape index (κ2) is 9.28. The van der Waals surface area contributed by atoms with Gasteiger partial charge in [0.05, 0.1) is 19.8 Å². The van der Waals surface area contributed by atoms with Crippen molar-refractivity contribution in [3.05, 3.63) is 82.5 Å². The van der Waals surface area contributed by atoms with Crippen molar-refractivity contribution in [2.24, 2.45) is 5.92 Å². The van der Waals surface area contributed by atoms with Crippen LogP contribution in [0.2, 0.25) is 0 Å². The Bertz CT molecular complexity index is 1640. The van der Waals surface area contributed by atoms with E-state index in [0.717, 1.165) is 12.1 Å². The Morgan fingerprint density at radius 1 is 1.11 bits per heavy atom. The van der Waals surface area contributed by atoms with E-state index in [-0.39, 0.29) is 29.7 Å². The van der Waals surface area contributed by atoms with Crippen molar-refractivity contribution in [1.82, 2.24) is 14.4 Å². The van der Waals surface area contributed by atoms with Crippen molar-refractivity contribution >= 4 is 21.4 Å². The first-order valence-electron chi connectivity index (χ1n) is 10.9. The highest BCUT2D eigenvalue weighted by molar-refractivity contribution is 7.92. The van der Waals surface area contributed by atoms with Crippen molar-refractivity contribution in [3.63, 3.8) is 0 Å². The highest BCUT2D eigenvalue weighted by atomic mass is 32.2. The number of halogens is 2. The van der Waals surface area contributed by atoms with Crippen LogP contribution in [0.4, 0.5) is 14.5 Å². The van der Waals surface area contributed by atoms with Gasteiger partial charge in [-0.1, -0.05) is 0 Å². The minimum atomic E-state index is -4.46. The summed E-state index contributed by atoms with van der Waals surface area (Å²) in [5, 5.41) is 0. The molecule has 0 spiro atoms. The number of benzene rings is 1. The van der Waals surface area contributed by atoms with E-state index in [1.807, 2.05) is 0 Å². The van der Waals surface area contributed by atoms with Crippen molar-refractivity contribution in [1.29, 1.82) is 0 Å². The summed E-state index contributed by atoms with van der Waals surface area (Å²) in [5.74, 6) is -2.03. The Balaban J connectivity index is 1.55. The van der Waals surface area contributed by atoms with Gasteiger partial charge in [-0.05, 0) is 37.3 Å². The molecular weight excluding hydrogens is 494 g/mol. The number of nitrogens with zero attached hydrogens (tertiary/aromatic N) is 3. The fourth-order valence-corrected chi connectivity index (χ4v) is 4.72. The number of pyridine rings is 2. The predicted molar refractivity (Wildman–Crippen MR) is 126 cm³/mol. The Kier molecular flexibility index (Phi) is 6.14. The fraction of sp³-hybridized carbons (Fsp3) is 0.208. The van der Waals surface area contributed by atoms with Gasteiger partial charge >= 0.3 is 0 Å². The van der Waals surface area contributed by atoms with E-state index in [4.69, 9.17) is 9.47 Å². The monoisotopic (exact) mass is 514 g/mol. The number of hydrogen-bond donors (Lipinski definition) is 1. The van der Waals surface area contributed by atoms with Crippen LogP contribution in [0.25, 0.3) is 16.8 Å². The number of ether oxygens (including phenoxy) is 2. The molecule has 0 aliphatic carbocycles. The van der Waals surface area contributed by atoms with Crippen molar-refractivity contribution in [2.75, 3.05) is 24.5 Å². The van der Waals surface area contributed by atoms with Crippen LogP contribution in [0.3, 0.4) is 0 Å². The largest absolute Gasteiger partial charge is 0.476 e. The zero-order valence-corrected chi connectivity index (χ0v) is 19.8. The summed E-state index contributed by atoms with van der Waals surface area (Å²) in [6.45, 7) is 2.91. The van der Waals surface area contributed by atoms with Crippen LogP contribution >= 0.6 is 0 Å². The summed E-state index contributed by atoms with van der Waals surface area (Å²) in [7, 11) is -4.46. The van der Waals surface area contributed by atoms with Crippen LogP contribution in [0, 0.1) is 24.5 Å². The lowest BCUT2D eigenvalue weighted by Crippen LogP contribution is -2.32. The van der Waals surface area contributed by atoms with Crippen LogP contribution in [0.15, 0.2) is 64.7 Å². The molecule has 0 saturated carbocycles. The number of anilines is 1. The van der Waals surface area contributed by atoms with Crippen LogP contribution in [-0.2, 0) is 14.8 Å². The maximum absolute atomic E-state index is 14.3. The van der Waals surface area contributed by atoms with E-state index in [2.05, 4.69) is 14.7 Å². The molecule has 0 bridgehead atoms. The van der Waals surface area contributed by atoms with E-state index in [1.165, 1.54) is 22.9 Å². The quantitative estimate of drug-likeness (QED) is 0.403. The van der Waals surface area contributed by atoms with Crippen LogP contribution < -0.4 is 15.0 Å². The molecular formula is C24H20F2N4O5S. The molecule has 186 valence electrons. The third-order valence-corrected chi connectivity index (χ3v) is 7.05. The third kappa shape index (κ3) is 4.64. The van der Waals surface area contributed by atoms with Crippen molar-refractivity contribution in [3.8, 4) is 17.0 Å². The molecule has 0 unspecified atom stereocenters. The number of aromatic nitrogens is 3. The summed E-state index contributed by atoms with van der Waals surface area (Å²) < 4.78 is 68.1. The lowest BCUT2D eigenvalue weighted by Gasteiger charge is -2.26. The zero-order valence-electron chi connectivity index (χ0n) is 18.9. The molecule has 1 aromatic carbocycles. The minimum Gasteiger partial charge on any atom is -0.476 e. The van der Waals surface area contributed by atoms with Gasteiger partial charge in [0.25, 0.3) is 15.6 Å². The SMILES string of the molecule is Cc1cnc2ccc(-c3cnc(OCC4COC4)c(NS(=O)(=O)c4ccc(F)cc4F)c3)cn2c1=O. The van der Waals surface area contributed by atoms with Crippen molar-refractivity contribution in [2.45, 2.75) is 11.8 Å². The third-order valence-electron chi connectivity index (χ3n) is 5.65. The Morgan fingerprint density at radius 2 is 1.92 bits per heavy atom. The molecule has 4 aromatic rings. The van der Waals surface area contributed by atoms with Gasteiger partial charge in [0.2, 0.25) is 5.88 Å². The average Bonchev–Trinajstić information content (AvgIpc) is 2.80. The summed E-state index contributed by atoms with van der Waals surface area (Å²) >= 11 is 0. The van der Waals surface area contributed by atoms with Gasteiger partial charge < -0.3 is 9.47 Å². The molecule has 5 rings (SSSR count). The van der Waals surface area contributed by atoms with E-state index >= 15 is 0 Å². The van der Waals surface area contributed by atoms with Gasteiger partial charge in [0.1, 0.15) is 27.9 Å². The minimum absolute atomic E-state index is 0.0211. The van der Waals surface area contributed by atoms with Gasteiger partial charge in [0.15, 0.2) is 0 Å². The first-order chi connectivity index (χ1) is 17.2. The molecule has 0 atom stereocenters. The number of fused-ring (bicyclic) bond motifs is 1. The molecule has 36 heavy (non-hydrogen) atoms.